The van der Waals surface area contributed by atoms with Gasteiger partial charge in [0.25, 0.3) is 0 Å². The van der Waals surface area contributed by atoms with Gasteiger partial charge in [-0.1, -0.05) is 25.5 Å². The number of aliphatic carboxylic acids is 2. The number of ether oxygens (including phenoxy) is 2. The first-order valence-corrected chi connectivity index (χ1v) is 13.5. The molecule has 0 heterocycles. The van der Waals surface area contributed by atoms with Gasteiger partial charge in [0.05, 0.1) is 25.7 Å². The molecule has 0 amide bonds. The molecular formula is C28H42O8. The molecule has 0 aromatic rings. The summed E-state index contributed by atoms with van der Waals surface area (Å²) in [7, 11) is 0. The second-order valence-corrected chi connectivity index (χ2v) is 11.5. The van der Waals surface area contributed by atoms with Crippen LogP contribution in [-0.4, -0.2) is 46.3 Å². The molecule has 7 atom stereocenters. The largest absolute Gasteiger partial charge is 0.481 e. The summed E-state index contributed by atoms with van der Waals surface area (Å²) < 4.78 is 11.5. The lowest BCUT2D eigenvalue weighted by atomic mass is 9.56. The summed E-state index contributed by atoms with van der Waals surface area (Å²) in [5, 5.41) is 17.7. The van der Waals surface area contributed by atoms with Crippen LogP contribution in [0.1, 0.15) is 97.8 Å². The summed E-state index contributed by atoms with van der Waals surface area (Å²) in [5.74, 6) is -0.902. The van der Waals surface area contributed by atoms with Gasteiger partial charge in [-0.15, -0.1) is 0 Å². The highest BCUT2D eigenvalue weighted by Gasteiger charge is 2.55. The van der Waals surface area contributed by atoms with Gasteiger partial charge in [0.2, 0.25) is 0 Å². The zero-order valence-electron chi connectivity index (χ0n) is 21.9. The maximum Gasteiger partial charge on any atom is 0.306 e. The average Bonchev–Trinajstić information content (AvgIpc) is 3.13. The third kappa shape index (κ3) is 7.10. The van der Waals surface area contributed by atoms with Crippen LogP contribution in [0.4, 0.5) is 0 Å². The lowest BCUT2D eigenvalue weighted by Crippen LogP contribution is -2.46. The van der Waals surface area contributed by atoms with E-state index in [0.29, 0.717) is 30.1 Å². The maximum absolute atomic E-state index is 12.3. The van der Waals surface area contributed by atoms with Gasteiger partial charge in [0.1, 0.15) is 12.2 Å². The van der Waals surface area contributed by atoms with Gasteiger partial charge < -0.3 is 19.7 Å². The number of rotatable bonds is 8. The minimum absolute atomic E-state index is 0.0837. The van der Waals surface area contributed by atoms with Crippen LogP contribution in [0.5, 0.6) is 0 Å². The van der Waals surface area contributed by atoms with E-state index in [2.05, 4.69) is 26.8 Å². The molecule has 2 fully saturated rings. The second kappa shape index (κ2) is 12.2. The first-order valence-electron chi connectivity index (χ1n) is 13.5. The third-order valence-corrected chi connectivity index (χ3v) is 9.03. The number of fused-ring (bicyclic) bond motifs is 3. The van der Waals surface area contributed by atoms with Gasteiger partial charge in [-0.3, -0.25) is 19.2 Å². The van der Waals surface area contributed by atoms with Crippen molar-refractivity contribution in [2.75, 3.05) is 0 Å². The predicted molar refractivity (Wildman–Crippen MR) is 132 cm³/mol. The molecule has 0 bridgehead atoms. The molecule has 3 rings (SSSR count). The second-order valence-electron chi connectivity index (χ2n) is 11.5. The Hall–Kier alpha value is -2.38. The van der Waals surface area contributed by atoms with Crippen LogP contribution >= 0.6 is 0 Å². The highest BCUT2D eigenvalue weighted by molar-refractivity contribution is 5.77. The van der Waals surface area contributed by atoms with Crippen molar-refractivity contribution in [2.24, 2.45) is 29.1 Å². The minimum Gasteiger partial charge on any atom is -0.481 e. The quantitative estimate of drug-likeness (QED) is 0.342. The van der Waals surface area contributed by atoms with Crippen molar-refractivity contribution in [2.45, 2.75) is 110 Å². The van der Waals surface area contributed by atoms with E-state index in [0.717, 1.165) is 44.9 Å². The van der Waals surface area contributed by atoms with Crippen LogP contribution in [0, 0.1) is 29.1 Å². The van der Waals surface area contributed by atoms with Crippen LogP contribution in [0.2, 0.25) is 0 Å². The number of esters is 2. The molecule has 0 radical (unpaired) electrons. The van der Waals surface area contributed by atoms with E-state index < -0.39 is 23.9 Å². The Labute approximate surface area is 213 Å². The van der Waals surface area contributed by atoms with Crippen LogP contribution in [0.3, 0.4) is 0 Å². The van der Waals surface area contributed by atoms with Gasteiger partial charge in [0.15, 0.2) is 0 Å². The molecule has 3 aliphatic carbocycles. The van der Waals surface area contributed by atoms with Crippen molar-refractivity contribution in [1.29, 1.82) is 0 Å². The fourth-order valence-electron chi connectivity index (χ4n) is 7.03. The SMILES string of the molecule is C/C1=C\CC2C(CC[C@@]3(C)C2CC[C@@H]3OC(=O)CCC(=O)O)[C@@H](C)CC[C@H](OC(=O)CCC(=O)O)C1. The van der Waals surface area contributed by atoms with E-state index in [4.69, 9.17) is 19.7 Å². The molecular weight excluding hydrogens is 464 g/mol. The Kier molecular flexibility index (Phi) is 9.59. The van der Waals surface area contributed by atoms with E-state index in [-0.39, 0.29) is 43.3 Å². The van der Waals surface area contributed by atoms with E-state index in [9.17, 15) is 19.2 Å². The van der Waals surface area contributed by atoms with Crippen LogP contribution in [-0.2, 0) is 28.7 Å². The fourth-order valence-corrected chi connectivity index (χ4v) is 7.03. The molecule has 0 aromatic heterocycles. The molecule has 36 heavy (non-hydrogen) atoms. The molecule has 0 aromatic carbocycles. The Bertz CT molecular complexity index is 864. The lowest BCUT2D eigenvalue weighted by Gasteiger charge is -2.50. The van der Waals surface area contributed by atoms with Gasteiger partial charge >= 0.3 is 23.9 Å². The number of carbonyl (C=O) groups is 4. The molecule has 3 aliphatic rings. The summed E-state index contributed by atoms with van der Waals surface area (Å²) in [6.45, 7) is 6.62. The Balaban J connectivity index is 1.68. The zero-order chi connectivity index (χ0) is 26.5. The number of hydrogen-bond acceptors (Lipinski definition) is 6. The van der Waals surface area contributed by atoms with Gasteiger partial charge in [-0.25, -0.2) is 0 Å². The molecule has 2 saturated carbocycles. The van der Waals surface area contributed by atoms with Crippen LogP contribution < -0.4 is 0 Å². The molecule has 3 unspecified atom stereocenters. The summed E-state index contributed by atoms with van der Waals surface area (Å²) in [6.07, 6.45) is 8.50. The van der Waals surface area contributed by atoms with E-state index in [1.807, 2.05) is 0 Å². The first kappa shape index (κ1) is 28.2. The highest BCUT2D eigenvalue weighted by Crippen LogP contribution is 2.59. The van der Waals surface area contributed by atoms with Gasteiger partial charge in [-0.05, 0) is 75.5 Å². The van der Waals surface area contributed by atoms with E-state index in [1.165, 1.54) is 5.57 Å². The Morgan fingerprint density at radius 3 is 2.17 bits per heavy atom. The minimum atomic E-state index is -0.998. The predicted octanol–water partition coefficient (Wildman–Crippen LogP) is 5.14. The van der Waals surface area contributed by atoms with E-state index >= 15 is 0 Å². The van der Waals surface area contributed by atoms with Crippen molar-refractivity contribution in [3.05, 3.63) is 11.6 Å². The van der Waals surface area contributed by atoms with E-state index in [1.54, 1.807) is 0 Å². The lowest BCUT2D eigenvalue weighted by molar-refractivity contribution is -0.160. The summed E-state index contributed by atoms with van der Waals surface area (Å²) >= 11 is 0. The van der Waals surface area contributed by atoms with Gasteiger partial charge in [-0.2, -0.15) is 0 Å². The molecule has 202 valence electrons. The maximum atomic E-state index is 12.3. The van der Waals surface area contributed by atoms with Crippen LogP contribution in [0.15, 0.2) is 11.6 Å². The van der Waals surface area contributed by atoms with Crippen molar-refractivity contribution < 1.29 is 38.9 Å². The van der Waals surface area contributed by atoms with Crippen LogP contribution in [0.25, 0.3) is 0 Å². The average molecular weight is 507 g/mol. The van der Waals surface area contributed by atoms with Gasteiger partial charge in [0, 0.05) is 11.8 Å². The normalized spacial score (nSPS) is 35.9. The fraction of sp³-hybridized carbons (Fsp3) is 0.786. The standard InChI is InChI=1S/C28H42O8/c1-17-4-7-21-20(18(2)5-6-19(16-17)35-26(33)12-10-24(29)30)14-15-28(3)22(21)8-9-23(28)36-27(34)13-11-25(31)32/h4,18-23H,5-16H2,1-3H3,(H,29,30)(H,31,32)/b17-4+/t18-,19-,20?,21?,22?,23-,28-/m0/s1. The Morgan fingerprint density at radius 1 is 0.889 bits per heavy atom. The molecule has 8 heteroatoms. The van der Waals surface area contributed by atoms with Crippen molar-refractivity contribution >= 4 is 23.9 Å². The molecule has 0 spiro atoms. The zero-order valence-corrected chi connectivity index (χ0v) is 21.9. The molecule has 8 nitrogen and oxygen atoms in total. The first-order chi connectivity index (χ1) is 17.0. The molecule has 0 aliphatic heterocycles. The number of carboxylic acid groups (broad SMARTS) is 2. The number of carboxylic acids is 2. The monoisotopic (exact) mass is 506 g/mol. The van der Waals surface area contributed by atoms with Crippen molar-refractivity contribution in [1.82, 2.24) is 0 Å². The summed E-state index contributed by atoms with van der Waals surface area (Å²) in [6, 6.07) is 0. The number of hydrogen-bond donors (Lipinski definition) is 2. The molecule has 2 N–H and O–H groups in total. The smallest absolute Gasteiger partial charge is 0.306 e. The summed E-state index contributed by atoms with van der Waals surface area (Å²) in [4.78, 5) is 46.1. The number of carbonyl (C=O) groups excluding carboxylic acids is 2. The third-order valence-electron chi connectivity index (χ3n) is 9.03. The number of allylic oxidation sites excluding steroid dienone is 1. The van der Waals surface area contributed by atoms with Crippen molar-refractivity contribution in [3.63, 3.8) is 0 Å². The van der Waals surface area contributed by atoms with Crippen molar-refractivity contribution in [3.8, 4) is 0 Å². The highest BCUT2D eigenvalue weighted by atomic mass is 16.5. The molecule has 0 saturated heterocycles. The topological polar surface area (TPSA) is 127 Å². The Morgan fingerprint density at radius 2 is 1.53 bits per heavy atom. The summed E-state index contributed by atoms with van der Waals surface area (Å²) in [5.41, 5.74) is 1.09.